The van der Waals surface area contributed by atoms with Crippen LogP contribution in [0.2, 0.25) is 5.02 Å². The highest BCUT2D eigenvalue weighted by Crippen LogP contribution is 2.60. The van der Waals surface area contributed by atoms with Gasteiger partial charge < -0.3 is 15.4 Å². The van der Waals surface area contributed by atoms with Gasteiger partial charge >= 0.3 is 0 Å². The molecule has 0 spiro atoms. The number of halogens is 2. The quantitative estimate of drug-likeness (QED) is 0.513. The van der Waals surface area contributed by atoms with Gasteiger partial charge in [0.1, 0.15) is 11.6 Å². The average Bonchev–Trinajstić information content (AvgIpc) is 3.05. The first-order valence-corrected chi connectivity index (χ1v) is 11.1. The van der Waals surface area contributed by atoms with Gasteiger partial charge in [0.2, 0.25) is 5.91 Å². The second kappa shape index (κ2) is 7.58. The molecule has 0 aromatic heterocycles. The van der Waals surface area contributed by atoms with E-state index in [-0.39, 0.29) is 46.2 Å². The molecule has 2 saturated heterocycles. The number of benzene rings is 1. The standard InChI is InChI=1S/C21H27ClFN5O3/c1-12-4-17-24-6-13(7-28(17)27-12)19(30)26-21-9-20(10-21,11-21)25-18(29)8-31-14-2-3-15(22)16(23)5-14/h2-3,5,12-13,17,24,27H,4,6-11H2,1H3,(H,25,29)(H,26,30). The predicted molar refractivity (Wildman–Crippen MR) is 112 cm³/mol. The van der Waals surface area contributed by atoms with Crippen molar-refractivity contribution in [3.05, 3.63) is 29.0 Å². The fraction of sp³-hybridized carbons (Fsp3) is 0.619. The van der Waals surface area contributed by atoms with E-state index in [9.17, 15) is 14.0 Å². The summed E-state index contributed by atoms with van der Waals surface area (Å²) in [5.41, 5.74) is 2.94. The Morgan fingerprint density at radius 1 is 1.29 bits per heavy atom. The SMILES string of the molecule is CC1CC2NCC(C(=O)NC34CC(NC(=O)COc5ccc(Cl)c(F)c5)(C3)C4)CN2N1. The molecule has 5 fully saturated rings. The van der Waals surface area contributed by atoms with E-state index in [1.165, 1.54) is 12.1 Å². The van der Waals surface area contributed by atoms with Crippen molar-refractivity contribution in [3.63, 3.8) is 0 Å². The Morgan fingerprint density at radius 3 is 2.77 bits per heavy atom. The fourth-order valence-corrected chi connectivity index (χ4v) is 5.60. The molecule has 1 aromatic rings. The molecule has 168 valence electrons. The Hall–Kier alpha value is -1.94. The van der Waals surface area contributed by atoms with Gasteiger partial charge in [-0.05, 0) is 44.7 Å². The first kappa shape index (κ1) is 20.9. The molecule has 3 unspecified atom stereocenters. The van der Waals surface area contributed by atoms with Crippen LogP contribution < -0.4 is 26.1 Å². The molecule has 31 heavy (non-hydrogen) atoms. The van der Waals surface area contributed by atoms with Crippen LogP contribution in [-0.4, -0.2) is 59.8 Å². The van der Waals surface area contributed by atoms with Gasteiger partial charge in [-0.3, -0.25) is 20.3 Å². The summed E-state index contributed by atoms with van der Waals surface area (Å²) in [6.45, 7) is 3.33. The lowest BCUT2D eigenvalue weighted by atomic mass is 9.44. The Labute approximate surface area is 185 Å². The van der Waals surface area contributed by atoms with Crippen molar-refractivity contribution in [2.24, 2.45) is 5.92 Å². The first-order valence-electron chi connectivity index (χ1n) is 10.7. The molecule has 2 aliphatic heterocycles. The Kier molecular flexibility index (Phi) is 5.12. The fourth-order valence-electron chi connectivity index (χ4n) is 5.48. The number of rotatable bonds is 6. The van der Waals surface area contributed by atoms with Crippen LogP contribution in [0.4, 0.5) is 4.39 Å². The third-order valence-corrected chi connectivity index (χ3v) is 7.12. The highest BCUT2D eigenvalue weighted by molar-refractivity contribution is 6.30. The van der Waals surface area contributed by atoms with Crippen LogP contribution in [0.5, 0.6) is 5.75 Å². The van der Waals surface area contributed by atoms with Crippen LogP contribution in [-0.2, 0) is 9.59 Å². The van der Waals surface area contributed by atoms with Gasteiger partial charge in [0.25, 0.3) is 5.91 Å². The van der Waals surface area contributed by atoms with E-state index in [4.69, 9.17) is 16.3 Å². The molecule has 10 heteroatoms. The molecule has 2 heterocycles. The zero-order chi connectivity index (χ0) is 21.8. The summed E-state index contributed by atoms with van der Waals surface area (Å²) in [4.78, 5) is 25.0. The summed E-state index contributed by atoms with van der Waals surface area (Å²) >= 11 is 5.64. The molecule has 8 nitrogen and oxygen atoms in total. The van der Waals surface area contributed by atoms with Gasteiger partial charge in [-0.25, -0.2) is 9.40 Å². The minimum absolute atomic E-state index is 0.00749. The second-order valence-corrected chi connectivity index (χ2v) is 9.94. The molecule has 2 amide bonds. The molecular weight excluding hydrogens is 425 g/mol. The normalized spacial score (nSPS) is 36.0. The zero-order valence-electron chi connectivity index (χ0n) is 17.3. The minimum Gasteiger partial charge on any atom is -0.484 e. The molecule has 1 aromatic carbocycles. The van der Waals surface area contributed by atoms with E-state index < -0.39 is 5.82 Å². The van der Waals surface area contributed by atoms with E-state index in [2.05, 4.69) is 33.3 Å². The van der Waals surface area contributed by atoms with Gasteiger partial charge in [0, 0.05) is 36.3 Å². The summed E-state index contributed by atoms with van der Waals surface area (Å²) in [7, 11) is 0. The molecule has 6 rings (SSSR count). The maximum atomic E-state index is 13.4. The van der Waals surface area contributed by atoms with E-state index in [1.54, 1.807) is 0 Å². The smallest absolute Gasteiger partial charge is 0.258 e. The number of carbonyl (C=O) groups is 2. The van der Waals surface area contributed by atoms with Gasteiger partial charge in [-0.2, -0.15) is 0 Å². The highest BCUT2D eigenvalue weighted by Gasteiger charge is 2.69. The maximum absolute atomic E-state index is 13.4. The number of hydrogen-bond acceptors (Lipinski definition) is 6. The van der Waals surface area contributed by atoms with Crippen LogP contribution in [0.1, 0.15) is 32.6 Å². The maximum Gasteiger partial charge on any atom is 0.258 e. The van der Waals surface area contributed by atoms with Crippen molar-refractivity contribution < 1.29 is 18.7 Å². The van der Waals surface area contributed by atoms with Gasteiger partial charge in [0.15, 0.2) is 6.61 Å². The molecule has 3 aliphatic carbocycles. The number of carbonyl (C=O) groups excluding carboxylic acids is 2. The highest BCUT2D eigenvalue weighted by atomic mass is 35.5. The van der Waals surface area contributed by atoms with E-state index in [0.717, 1.165) is 31.7 Å². The summed E-state index contributed by atoms with van der Waals surface area (Å²) < 4.78 is 18.8. The average molecular weight is 452 g/mol. The van der Waals surface area contributed by atoms with Crippen molar-refractivity contribution in [1.29, 1.82) is 0 Å². The van der Waals surface area contributed by atoms with E-state index in [0.29, 0.717) is 25.3 Å². The lowest BCUT2D eigenvalue weighted by Gasteiger charge is -2.70. The molecule has 3 saturated carbocycles. The van der Waals surface area contributed by atoms with Gasteiger partial charge in [0.05, 0.1) is 17.1 Å². The largest absolute Gasteiger partial charge is 0.484 e. The zero-order valence-corrected chi connectivity index (χ0v) is 18.1. The topological polar surface area (TPSA) is 94.7 Å². The molecule has 3 atom stereocenters. The number of amides is 2. The third-order valence-electron chi connectivity index (χ3n) is 6.81. The van der Waals surface area contributed by atoms with Crippen molar-refractivity contribution in [2.75, 3.05) is 19.7 Å². The lowest BCUT2D eigenvalue weighted by molar-refractivity contribution is -0.153. The second-order valence-electron chi connectivity index (χ2n) is 9.53. The monoisotopic (exact) mass is 451 g/mol. The van der Waals surface area contributed by atoms with Crippen molar-refractivity contribution in [3.8, 4) is 5.75 Å². The van der Waals surface area contributed by atoms with Crippen LogP contribution in [0.3, 0.4) is 0 Å². The number of hydrogen-bond donors (Lipinski definition) is 4. The summed E-state index contributed by atoms with van der Waals surface area (Å²) in [5, 5.41) is 11.8. The lowest BCUT2D eigenvalue weighted by Crippen LogP contribution is -2.84. The number of nitrogens with zero attached hydrogens (tertiary/aromatic N) is 1. The molecular formula is C21H27ClFN5O3. The summed E-state index contributed by atoms with van der Waals surface area (Å²) in [5.74, 6) is -0.618. The van der Waals surface area contributed by atoms with Crippen molar-refractivity contribution in [2.45, 2.75) is 55.9 Å². The van der Waals surface area contributed by atoms with Crippen LogP contribution in [0.25, 0.3) is 0 Å². The molecule has 0 radical (unpaired) electrons. The Morgan fingerprint density at radius 2 is 2.03 bits per heavy atom. The van der Waals surface area contributed by atoms with E-state index >= 15 is 0 Å². The number of ether oxygens (including phenoxy) is 1. The van der Waals surface area contributed by atoms with Crippen molar-refractivity contribution in [1.82, 2.24) is 26.4 Å². The minimum atomic E-state index is -0.588. The molecule has 4 N–H and O–H groups in total. The summed E-state index contributed by atoms with van der Waals surface area (Å²) in [6.07, 6.45) is 3.54. The van der Waals surface area contributed by atoms with Crippen molar-refractivity contribution >= 4 is 23.4 Å². The first-order chi connectivity index (χ1) is 14.7. The molecule has 5 aliphatic rings. The molecule has 2 bridgehead atoms. The van der Waals surface area contributed by atoms with Crippen LogP contribution >= 0.6 is 11.6 Å². The summed E-state index contributed by atoms with van der Waals surface area (Å²) in [6, 6.07) is 4.48. The van der Waals surface area contributed by atoms with Crippen LogP contribution in [0, 0.1) is 11.7 Å². The third kappa shape index (κ3) is 4.00. The van der Waals surface area contributed by atoms with Gasteiger partial charge in [-0.15, -0.1) is 0 Å². The Bertz CT molecular complexity index is 895. The number of nitrogens with one attached hydrogen (secondary N) is 4. The van der Waals surface area contributed by atoms with E-state index in [1.807, 2.05) is 0 Å². The van der Waals surface area contributed by atoms with Gasteiger partial charge in [-0.1, -0.05) is 11.6 Å². The Balaban J connectivity index is 1.05. The van der Waals surface area contributed by atoms with Crippen LogP contribution in [0.15, 0.2) is 18.2 Å². The number of hydrazine groups is 1. The predicted octanol–water partition coefficient (Wildman–Crippen LogP) is 0.910. The number of fused-ring (bicyclic) bond motifs is 1.